The van der Waals surface area contributed by atoms with Crippen molar-refractivity contribution in [3.63, 3.8) is 0 Å². The minimum absolute atomic E-state index is 0.145. The quantitative estimate of drug-likeness (QED) is 0.708. The Bertz CT molecular complexity index is 1100. The number of pyridine rings is 1. The van der Waals surface area contributed by atoms with Gasteiger partial charge in [-0.15, -0.1) is 0 Å². The Morgan fingerprint density at radius 1 is 1.06 bits per heavy atom. The van der Waals surface area contributed by atoms with E-state index in [2.05, 4.69) is 14.6 Å². The van der Waals surface area contributed by atoms with Crippen LogP contribution in [0.25, 0.3) is 5.52 Å². The molecule has 1 saturated carbocycles. The van der Waals surface area contributed by atoms with Gasteiger partial charge < -0.3 is 19.3 Å². The lowest BCUT2D eigenvalue weighted by Crippen LogP contribution is -2.41. The molecule has 3 fully saturated rings. The van der Waals surface area contributed by atoms with Crippen molar-refractivity contribution < 1.29 is 22.7 Å². The number of carbonyl (C=O) groups is 1. The number of rotatable bonds is 5. The van der Waals surface area contributed by atoms with Gasteiger partial charge in [0.15, 0.2) is 5.69 Å². The second-order valence-electron chi connectivity index (χ2n) is 8.57. The molecular weight excluding hydrogens is 422 g/mol. The Morgan fingerprint density at radius 3 is 2.35 bits per heavy atom. The molecule has 2 aliphatic heterocycles. The van der Waals surface area contributed by atoms with E-state index >= 15 is 0 Å². The fourth-order valence-corrected chi connectivity index (χ4v) is 5.49. The van der Waals surface area contributed by atoms with Crippen molar-refractivity contribution >= 4 is 27.3 Å². The van der Waals surface area contributed by atoms with Crippen LogP contribution in [0.1, 0.15) is 30.3 Å². The second kappa shape index (κ2) is 7.73. The topological polar surface area (TPSA) is 105 Å². The van der Waals surface area contributed by atoms with Crippen LogP contribution < -0.4 is 9.62 Å². The lowest BCUT2D eigenvalue weighted by molar-refractivity contribution is 0.0300. The van der Waals surface area contributed by atoms with Gasteiger partial charge in [0, 0.05) is 31.7 Å². The van der Waals surface area contributed by atoms with Crippen LogP contribution in [0.3, 0.4) is 0 Å². The van der Waals surface area contributed by atoms with Crippen molar-refractivity contribution in [2.24, 2.45) is 0 Å². The summed E-state index contributed by atoms with van der Waals surface area (Å²) in [6, 6.07) is 3.22. The zero-order chi connectivity index (χ0) is 21.6. The Kier molecular flexibility index (Phi) is 5.16. The number of fused-ring (bicyclic) bond motifs is 1. The summed E-state index contributed by atoms with van der Waals surface area (Å²) >= 11 is 0. The number of hydrogen-bond donors (Lipinski definition) is 1. The molecule has 0 spiro atoms. The third kappa shape index (κ3) is 4.02. The third-order valence-electron chi connectivity index (χ3n) is 6.13. The molecule has 10 nitrogen and oxygen atoms in total. The standard InChI is InChI=1S/C20H27N5O5S/c1-20(2-3-20)22-31(27,28)15-12-16-18(19(26)24-6-10-30-11-7-24)21-14-25(16)17(13-15)23-4-8-29-9-5-23/h12-14,22H,2-11H2,1H3. The van der Waals surface area contributed by atoms with Crippen molar-refractivity contribution in [2.75, 3.05) is 57.5 Å². The van der Waals surface area contributed by atoms with Crippen LogP contribution in [-0.2, 0) is 19.5 Å². The van der Waals surface area contributed by atoms with Crippen molar-refractivity contribution in [1.29, 1.82) is 0 Å². The zero-order valence-corrected chi connectivity index (χ0v) is 18.4. The minimum Gasteiger partial charge on any atom is -0.378 e. The highest BCUT2D eigenvalue weighted by molar-refractivity contribution is 7.89. The average molecular weight is 450 g/mol. The number of imidazole rings is 1. The summed E-state index contributed by atoms with van der Waals surface area (Å²) in [6.07, 6.45) is 3.23. The monoisotopic (exact) mass is 449 g/mol. The summed E-state index contributed by atoms with van der Waals surface area (Å²) < 4.78 is 41.8. The van der Waals surface area contributed by atoms with Crippen LogP contribution in [0.4, 0.5) is 5.82 Å². The zero-order valence-electron chi connectivity index (χ0n) is 17.5. The number of nitrogens with one attached hydrogen (secondary N) is 1. The van der Waals surface area contributed by atoms with Gasteiger partial charge in [-0.2, -0.15) is 0 Å². The van der Waals surface area contributed by atoms with E-state index in [4.69, 9.17) is 9.47 Å². The van der Waals surface area contributed by atoms with Crippen molar-refractivity contribution in [3.05, 3.63) is 24.2 Å². The lowest BCUT2D eigenvalue weighted by atomic mass is 10.2. The molecule has 0 unspecified atom stereocenters. The van der Waals surface area contributed by atoms with Crippen molar-refractivity contribution in [3.8, 4) is 0 Å². The fourth-order valence-electron chi connectivity index (χ4n) is 4.00. The first-order valence-corrected chi connectivity index (χ1v) is 12.1. The summed E-state index contributed by atoms with van der Waals surface area (Å²) in [4.78, 5) is 21.5. The molecule has 1 aliphatic carbocycles. The largest absolute Gasteiger partial charge is 0.378 e. The van der Waals surface area contributed by atoms with Gasteiger partial charge in [0.2, 0.25) is 10.0 Å². The van der Waals surface area contributed by atoms with Crippen LogP contribution in [-0.4, -0.2) is 86.8 Å². The molecule has 1 N–H and O–H groups in total. The van der Waals surface area contributed by atoms with Gasteiger partial charge in [0.25, 0.3) is 5.91 Å². The maximum atomic E-state index is 13.2. The molecule has 0 bridgehead atoms. The maximum absolute atomic E-state index is 13.2. The Morgan fingerprint density at radius 2 is 1.71 bits per heavy atom. The molecule has 11 heteroatoms. The molecule has 2 aromatic heterocycles. The van der Waals surface area contributed by atoms with Gasteiger partial charge in [-0.3, -0.25) is 9.20 Å². The highest BCUT2D eigenvalue weighted by Crippen LogP contribution is 2.36. The smallest absolute Gasteiger partial charge is 0.274 e. The predicted octanol–water partition coefficient (Wildman–Crippen LogP) is 0.474. The van der Waals surface area contributed by atoms with E-state index in [1.807, 2.05) is 6.92 Å². The average Bonchev–Trinajstić information content (AvgIpc) is 3.33. The van der Waals surface area contributed by atoms with E-state index in [0.29, 0.717) is 63.9 Å². The number of amides is 1. The molecular formula is C20H27N5O5S. The summed E-state index contributed by atoms with van der Waals surface area (Å²) in [5, 5.41) is 0. The molecule has 4 heterocycles. The number of ether oxygens (including phenoxy) is 2. The van der Waals surface area contributed by atoms with Crippen LogP contribution in [0.5, 0.6) is 0 Å². The molecule has 0 aromatic carbocycles. The summed E-state index contributed by atoms with van der Waals surface area (Å²) in [7, 11) is -3.75. The van der Waals surface area contributed by atoms with Gasteiger partial charge in [-0.05, 0) is 31.9 Å². The minimum atomic E-state index is -3.75. The summed E-state index contributed by atoms with van der Waals surface area (Å²) in [5.41, 5.74) is 0.351. The van der Waals surface area contributed by atoms with Gasteiger partial charge in [-0.1, -0.05) is 0 Å². The molecule has 0 atom stereocenters. The van der Waals surface area contributed by atoms with E-state index < -0.39 is 15.6 Å². The van der Waals surface area contributed by atoms with Crippen LogP contribution in [0.15, 0.2) is 23.4 Å². The molecule has 31 heavy (non-hydrogen) atoms. The van der Waals surface area contributed by atoms with Crippen molar-refractivity contribution in [2.45, 2.75) is 30.2 Å². The number of morpholine rings is 2. The van der Waals surface area contributed by atoms with E-state index in [1.54, 1.807) is 27.8 Å². The first kappa shape index (κ1) is 20.7. The Labute approximate surface area is 181 Å². The number of aromatic nitrogens is 2. The molecule has 3 aliphatic rings. The number of sulfonamides is 1. The van der Waals surface area contributed by atoms with E-state index in [1.165, 1.54) is 0 Å². The van der Waals surface area contributed by atoms with E-state index in [-0.39, 0.29) is 16.5 Å². The highest BCUT2D eigenvalue weighted by atomic mass is 32.2. The number of nitrogens with zero attached hydrogens (tertiary/aromatic N) is 4. The van der Waals surface area contributed by atoms with Crippen LogP contribution >= 0.6 is 0 Å². The molecule has 168 valence electrons. The Balaban J connectivity index is 1.60. The number of anilines is 1. The lowest BCUT2D eigenvalue weighted by Gasteiger charge is -2.30. The summed E-state index contributed by atoms with van der Waals surface area (Å²) in [6.45, 7) is 6.24. The van der Waals surface area contributed by atoms with Gasteiger partial charge in [-0.25, -0.2) is 18.1 Å². The SMILES string of the molecule is CC1(NS(=O)(=O)c2cc(N3CCOCC3)n3cnc(C(=O)N4CCOCC4)c3c2)CC1. The number of carbonyl (C=O) groups excluding carboxylic acids is 1. The first-order valence-electron chi connectivity index (χ1n) is 10.6. The van der Waals surface area contributed by atoms with E-state index in [9.17, 15) is 13.2 Å². The first-order chi connectivity index (χ1) is 14.9. The molecule has 2 saturated heterocycles. The van der Waals surface area contributed by atoms with Gasteiger partial charge in [0.05, 0.1) is 36.8 Å². The van der Waals surface area contributed by atoms with Gasteiger partial charge in [0.1, 0.15) is 12.1 Å². The molecule has 5 rings (SSSR count). The van der Waals surface area contributed by atoms with Gasteiger partial charge >= 0.3 is 0 Å². The fraction of sp³-hybridized carbons (Fsp3) is 0.600. The second-order valence-corrected chi connectivity index (χ2v) is 10.3. The van der Waals surface area contributed by atoms with Crippen LogP contribution in [0, 0.1) is 0 Å². The predicted molar refractivity (Wildman–Crippen MR) is 113 cm³/mol. The third-order valence-corrected chi connectivity index (χ3v) is 7.75. The molecule has 1 amide bonds. The number of hydrogen-bond acceptors (Lipinski definition) is 7. The maximum Gasteiger partial charge on any atom is 0.274 e. The Hall–Kier alpha value is -2.21. The van der Waals surface area contributed by atoms with E-state index in [0.717, 1.165) is 12.8 Å². The molecule has 0 radical (unpaired) electrons. The normalized spacial score (nSPS) is 21.5. The van der Waals surface area contributed by atoms with Crippen LogP contribution in [0.2, 0.25) is 0 Å². The highest BCUT2D eigenvalue weighted by Gasteiger charge is 2.41. The summed E-state index contributed by atoms with van der Waals surface area (Å²) in [5.74, 6) is 0.478. The molecule has 2 aromatic rings. The van der Waals surface area contributed by atoms with Crippen molar-refractivity contribution in [1.82, 2.24) is 19.0 Å².